The molecule has 0 saturated carbocycles. The number of aliphatic carboxylic acids is 1. The van der Waals surface area contributed by atoms with E-state index in [1.165, 1.54) is 18.7 Å². The van der Waals surface area contributed by atoms with Crippen LogP contribution in [0.5, 0.6) is 11.5 Å². The first-order chi connectivity index (χ1) is 10.5. The first-order valence-electron chi connectivity index (χ1n) is 6.84. The van der Waals surface area contributed by atoms with E-state index in [9.17, 15) is 9.59 Å². The lowest BCUT2D eigenvalue weighted by Crippen LogP contribution is -2.42. The van der Waals surface area contributed by atoms with E-state index in [1.807, 2.05) is 30.3 Å². The van der Waals surface area contributed by atoms with E-state index < -0.39 is 12.0 Å². The van der Waals surface area contributed by atoms with Crippen LogP contribution >= 0.6 is 0 Å². The van der Waals surface area contributed by atoms with Crippen LogP contribution in [0, 0.1) is 0 Å². The van der Waals surface area contributed by atoms with Crippen LogP contribution in [-0.2, 0) is 9.59 Å². The molecular formula is C17H17NO4. The molecule has 2 aromatic rings. The Labute approximate surface area is 128 Å². The van der Waals surface area contributed by atoms with Crippen molar-refractivity contribution in [1.29, 1.82) is 0 Å². The van der Waals surface area contributed by atoms with Crippen LogP contribution in [0.3, 0.4) is 0 Å². The molecule has 1 N–H and O–H groups in total. The largest absolute Gasteiger partial charge is 0.480 e. The monoisotopic (exact) mass is 299 g/mol. The summed E-state index contributed by atoms with van der Waals surface area (Å²) < 4.78 is 5.70. The summed E-state index contributed by atoms with van der Waals surface area (Å²) in [6.45, 7) is 2.80. The fourth-order valence-electron chi connectivity index (χ4n) is 2.11. The molecule has 0 spiro atoms. The van der Waals surface area contributed by atoms with Crippen molar-refractivity contribution in [2.75, 3.05) is 4.90 Å². The highest BCUT2D eigenvalue weighted by molar-refractivity contribution is 5.97. The van der Waals surface area contributed by atoms with Crippen LogP contribution < -0.4 is 9.64 Å². The Morgan fingerprint density at radius 1 is 1.05 bits per heavy atom. The van der Waals surface area contributed by atoms with Crippen molar-refractivity contribution in [3.8, 4) is 11.5 Å². The lowest BCUT2D eigenvalue weighted by molar-refractivity contribution is -0.139. The molecule has 0 radical (unpaired) electrons. The van der Waals surface area contributed by atoms with Crippen molar-refractivity contribution in [2.45, 2.75) is 19.9 Å². The minimum absolute atomic E-state index is 0.341. The van der Waals surface area contributed by atoms with Crippen LogP contribution in [0.2, 0.25) is 0 Å². The summed E-state index contributed by atoms with van der Waals surface area (Å²) in [6, 6.07) is 15.1. The van der Waals surface area contributed by atoms with Crippen molar-refractivity contribution in [1.82, 2.24) is 0 Å². The molecule has 0 aliphatic carbocycles. The molecule has 0 heterocycles. The number of carbonyl (C=O) groups is 2. The molecule has 2 aromatic carbocycles. The van der Waals surface area contributed by atoms with Gasteiger partial charge >= 0.3 is 5.97 Å². The van der Waals surface area contributed by atoms with Gasteiger partial charge in [0.15, 0.2) is 0 Å². The number of hydrogen-bond donors (Lipinski definition) is 1. The maximum absolute atomic E-state index is 11.8. The van der Waals surface area contributed by atoms with Crippen LogP contribution in [-0.4, -0.2) is 23.0 Å². The average Bonchev–Trinajstić information content (AvgIpc) is 2.48. The number of para-hydroxylation sites is 1. The highest BCUT2D eigenvalue weighted by Gasteiger charge is 2.24. The van der Waals surface area contributed by atoms with E-state index >= 15 is 0 Å². The predicted molar refractivity (Wildman–Crippen MR) is 83.2 cm³/mol. The second-order valence-electron chi connectivity index (χ2n) is 4.82. The van der Waals surface area contributed by atoms with E-state index in [0.29, 0.717) is 17.2 Å². The van der Waals surface area contributed by atoms with E-state index in [0.717, 1.165) is 0 Å². The fraction of sp³-hybridized carbons (Fsp3) is 0.176. The predicted octanol–water partition coefficient (Wildman–Crippen LogP) is 3.30. The smallest absolute Gasteiger partial charge is 0.326 e. The number of ether oxygens (including phenoxy) is 1. The normalized spacial score (nSPS) is 11.5. The number of carbonyl (C=O) groups excluding carboxylic acids is 1. The first-order valence-corrected chi connectivity index (χ1v) is 6.84. The Bertz CT molecular complexity index is 669. The van der Waals surface area contributed by atoms with E-state index in [2.05, 4.69) is 0 Å². The number of amides is 1. The van der Waals surface area contributed by atoms with Gasteiger partial charge in [-0.1, -0.05) is 24.3 Å². The van der Waals surface area contributed by atoms with E-state index in [1.54, 1.807) is 24.3 Å². The number of carboxylic acids is 1. The molecule has 0 saturated heterocycles. The Hall–Kier alpha value is -2.82. The number of rotatable bonds is 5. The zero-order valence-electron chi connectivity index (χ0n) is 12.4. The maximum atomic E-state index is 11.8. The van der Waals surface area contributed by atoms with Crippen molar-refractivity contribution in [3.05, 3.63) is 54.6 Å². The molecule has 5 heteroatoms. The van der Waals surface area contributed by atoms with Crippen LogP contribution in [0.1, 0.15) is 13.8 Å². The van der Waals surface area contributed by atoms with Crippen molar-refractivity contribution < 1.29 is 19.4 Å². The van der Waals surface area contributed by atoms with Gasteiger partial charge in [0.25, 0.3) is 0 Å². The number of nitrogens with zero attached hydrogens (tertiary/aromatic N) is 1. The highest BCUT2D eigenvalue weighted by atomic mass is 16.5. The number of anilines is 1. The van der Waals surface area contributed by atoms with Crippen molar-refractivity contribution in [3.63, 3.8) is 0 Å². The zero-order valence-corrected chi connectivity index (χ0v) is 12.4. The minimum atomic E-state index is -1.07. The fourth-order valence-corrected chi connectivity index (χ4v) is 2.11. The maximum Gasteiger partial charge on any atom is 0.326 e. The van der Waals surface area contributed by atoms with Crippen molar-refractivity contribution >= 4 is 17.6 Å². The molecule has 22 heavy (non-hydrogen) atoms. The Kier molecular flexibility index (Phi) is 4.78. The third kappa shape index (κ3) is 3.63. The molecular weight excluding hydrogens is 282 g/mol. The quantitative estimate of drug-likeness (QED) is 0.919. The zero-order chi connectivity index (χ0) is 16.1. The number of benzene rings is 2. The Morgan fingerprint density at radius 2 is 1.68 bits per heavy atom. The molecule has 1 atom stereocenters. The molecule has 0 aromatic heterocycles. The van der Waals surface area contributed by atoms with Gasteiger partial charge in [-0.2, -0.15) is 0 Å². The van der Waals surface area contributed by atoms with Gasteiger partial charge in [-0.25, -0.2) is 4.79 Å². The average molecular weight is 299 g/mol. The van der Waals surface area contributed by atoms with E-state index in [-0.39, 0.29) is 5.91 Å². The topological polar surface area (TPSA) is 66.8 Å². The molecule has 0 aliphatic rings. The standard InChI is InChI=1S/C17H17NO4/c1-12(17(20)21)18(13(2)19)14-7-6-10-16(11-14)22-15-8-4-3-5-9-15/h3-12H,1-2H3,(H,20,21)/t12-/m0/s1. The molecule has 1 amide bonds. The highest BCUT2D eigenvalue weighted by Crippen LogP contribution is 2.27. The Balaban J connectivity index is 2.29. The molecule has 0 bridgehead atoms. The summed E-state index contributed by atoms with van der Waals surface area (Å²) in [5.41, 5.74) is 0.482. The second kappa shape index (κ2) is 6.76. The van der Waals surface area contributed by atoms with Crippen LogP contribution in [0.25, 0.3) is 0 Å². The molecule has 5 nitrogen and oxygen atoms in total. The van der Waals surface area contributed by atoms with Gasteiger partial charge in [-0.3, -0.25) is 9.69 Å². The van der Waals surface area contributed by atoms with Gasteiger partial charge in [0.05, 0.1) is 0 Å². The van der Waals surface area contributed by atoms with Gasteiger partial charge in [0.2, 0.25) is 5.91 Å². The summed E-state index contributed by atoms with van der Waals surface area (Å²) in [6.07, 6.45) is 0. The number of hydrogen-bond acceptors (Lipinski definition) is 3. The summed E-state index contributed by atoms with van der Waals surface area (Å²) in [5, 5.41) is 9.14. The lowest BCUT2D eigenvalue weighted by Gasteiger charge is -2.25. The number of carboxylic acid groups (broad SMARTS) is 1. The van der Waals surface area contributed by atoms with Gasteiger partial charge < -0.3 is 9.84 Å². The molecule has 2 rings (SSSR count). The van der Waals surface area contributed by atoms with Gasteiger partial charge in [-0.15, -0.1) is 0 Å². The summed E-state index contributed by atoms with van der Waals surface area (Å²) in [5.74, 6) is -0.204. The molecule has 0 fully saturated rings. The summed E-state index contributed by atoms with van der Waals surface area (Å²) in [4.78, 5) is 24.2. The van der Waals surface area contributed by atoms with E-state index in [4.69, 9.17) is 9.84 Å². The summed E-state index contributed by atoms with van der Waals surface area (Å²) >= 11 is 0. The van der Waals surface area contributed by atoms with Gasteiger partial charge in [-0.05, 0) is 31.2 Å². The molecule has 0 unspecified atom stereocenters. The lowest BCUT2D eigenvalue weighted by atomic mass is 10.2. The SMILES string of the molecule is CC(=O)N(c1cccc(Oc2ccccc2)c1)[C@@H](C)C(=O)O. The molecule has 114 valence electrons. The van der Waals surface area contributed by atoms with Crippen LogP contribution in [0.15, 0.2) is 54.6 Å². The third-order valence-corrected chi connectivity index (χ3v) is 3.16. The minimum Gasteiger partial charge on any atom is -0.480 e. The first kappa shape index (κ1) is 15.6. The van der Waals surface area contributed by atoms with Crippen LogP contribution in [0.4, 0.5) is 5.69 Å². The third-order valence-electron chi connectivity index (χ3n) is 3.16. The Morgan fingerprint density at radius 3 is 2.27 bits per heavy atom. The summed E-state index contributed by atoms with van der Waals surface area (Å²) in [7, 11) is 0. The molecule has 0 aliphatic heterocycles. The second-order valence-corrected chi connectivity index (χ2v) is 4.82. The van der Waals surface area contributed by atoms with Gasteiger partial charge in [0.1, 0.15) is 17.5 Å². The van der Waals surface area contributed by atoms with Crippen molar-refractivity contribution in [2.24, 2.45) is 0 Å². The van der Waals surface area contributed by atoms with Gasteiger partial charge in [0, 0.05) is 18.7 Å².